The number of hydrogen-bond donors (Lipinski definition) is 7. The molecule has 2 unspecified atom stereocenters. The average Bonchev–Trinajstić information content (AvgIpc) is 3.00. The van der Waals surface area contributed by atoms with Crippen LogP contribution in [-0.2, 0) is 0 Å². The third-order valence-corrected chi connectivity index (χ3v) is 8.19. The summed E-state index contributed by atoms with van der Waals surface area (Å²) in [7, 11) is 0. The highest BCUT2D eigenvalue weighted by atomic mass is 16.3. The van der Waals surface area contributed by atoms with Gasteiger partial charge in [-0.15, -0.1) is 0 Å². The summed E-state index contributed by atoms with van der Waals surface area (Å²) in [4.78, 5) is 0. The van der Waals surface area contributed by atoms with Gasteiger partial charge in [0.05, 0.1) is 31.4 Å². The fourth-order valence-electron chi connectivity index (χ4n) is 5.00. The predicted molar refractivity (Wildman–Crippen MR) is 184 cm³/mol. The second kappa shape index (κ2) is 32.4. The Morgan fingerprint density at radius 3 is 1.33 bits per heavy atom. The molecule has 0 bridgehead atoms. The van der Waals surface area contributed by atoms with Crippen molar-refractivity contribution in [1.82, 2.24) is 0 Å². The molecule has 43 heavy (non-hydrogen) atoms. The maximum Gasteiger partial charge on any atom is 0.128 e. The Bertz CT molecular complexity index is 631. The highest BCUT2D eigenvalue weighted by Crippen LogP contribution is 2.17. The lowest BCUT2D eigenvalue weighted by Gasteiger charge is -2.17. The quantitative estimate of drug-likeness (QED) is 0.0274. The van der Waals surface area contributed by atoms with Crippen LogP contribution in [0.25, 0.3) is 0 Å². The van der Waals surface area contributed by atoms with E-state index in [1.54, 1.807) is 12.2 Å². The molecule has 0 aliphatic heterocycles. The van der Waals surface area contributed by atoms with Crippen molar-refractivity contribution in [2.24, 2.45) is 23.3 Å². The zero-order valence-electron chi connectivity index (χ0n) is 28.6. The second-order valence-electron chi connectivity index (χ2n) is 12.8. The maximum atomic E-state index is 9.75. The summed E-state index contributed by atoms with van der Waals surface area (Å²) in [6.07, 6.45) is 29.6. The molecule has 0 fully saturated rings. The van der Waals surface area contributed by atoms with Crippen LogP contribution in [-0.4, -0.2) is 63.0 Å². The monoisotopic (exact) mass is 615 g/mol. The van der Waals surface area contributed by atoms with Gasteiger partial charge < -0.3 is 37.0 Å². The molecule has 0 aromatic carbocycles. The van der Waals surface area contributed by atoms with E-state index >= 15 is 0 Å². The molecule has 0 saturated carbocycles. The van der Waals surface area contributed by atoms with Gasteiger partial charge in [0.2, 0.25) is 0 Å². The summed E-state index contributed by atoms with van der Waals surface area (Å²) in [6.45, 7) is 8.16. The van der Waals surface area contributed by atoms with Gasteiger partial charge >= 0.3 is 0 Å². The molecule has 258 valence electrons. The predicted octanol–water partition coefficient (Wildman–Crippen LogP) is 7.45. The molecule has 0 radical (unpaired) electrons. The first-order valence-electron chi connectivity index (χ1n) is 17.8. The summed E-state index contributed by atoms with van der Waals surface area (Å²) >= 11 is 0. The molecular formula is C36H74N2O5. The van der Waals surface area contributed by atoms with Gasteiger partial charge in [-0.3, -0.25) is 0 Å². The Balaban J connectivity index is 0. The summed E-state index contributed by atoms with van der Waals surface area (Å²) in [5, 5.41) is 46.7. The van der Waals surface area contributed by atoms with Gasteiger partial charge in [0.1, 0.15) is 11.9 Å². The lowest BCUT2D eigenvalue weighted by atomic mass is 9.99. The minimum atomic E-state index is -1.17. The van der Waals surface area contributed by atoms with Gasteiger partial charge in [-0.25, -0.2) is 0 Å². The van der Waals surface area contributed by atoms with Gasteiger partial charge in [0, 0.05) is 0 Å². The minimum Gasteiger partial charge on any atom is -0.510 e. The summed E-state index contributed by atoms with van der Waals surface area (Å²) in [5.74, 6) is 0.560. The normalized spacial score (nSPS) is 16.4. The Morgan fingerprint density at radius 1 is 0.558 bits per heavy atom. The van der Waals surface area contributed by atoms with Crippen LogP contribution in [0.5, 0.6) is 0 Å². The van der Waals surface area contributed by atoms with Crippen LogP contribution in [0.15, 0.2) is 24.0 Å². The van der Waals surface area contributed by atoms with E-state index in [0.29, 0.717) is 5.92 Å². The number of unbranched alkanes of at least 4 members (excludes halogenated alkanes) is 16. The zero-order chi connectivity index (χ0) is 32.7. The second-order valence-corrected chi connectivity index (χ2v) is 12.8. The van der Waals surface area contributed by atoms with Crippen LogP contribution in [0.2, 0.25) is 0 Å². The number of hydrogen-bond acceptors (Lipinski definition) is 7. The van der Waals surface area contributed by atoms with Crippen LogP contribution in [0.1, 0.15) is 156 Å². The third-order valence-electron chi connectivity index (χ3n) is 8.19. The molecule has 0 saturated heterocycles. The van der Waals surface area contributed by atoms with Gasteiger partial charge in [0.15, 0.2) is 0 Å². The van der Waals surface area contributed by atoms with E-state index in [0.717, 1.165) is 19.3 Å². The van der Waals surface area contributed by atoms with E-state index in [1.807, 2.05) is 13.0 Å². The van der Waals surface area contributed by atoms with Gasteiger partial charge in [-0.05, 0) is 30.8 Å². The highest BCUT2D eigenvalue weighted by Gasteiger charge is 2.18. The van der Waals surface area contributed by atoms with Crippen LogP contribution in [0.4, 0.5) is 0 Å². The first-order valence-corrected chi connectivity index (χ1v) is 17.8. The number of allylic oxidation sites excluding steroid dienone is 2. The molecule has 0 aliphatic carbocycles. The van der Waals surface area contributed by atoms with Gasteiger partial charge in [0.25, 0.3) is 0 Å². The molecule has 0 spiro atoms. The largest absolute Gasteiger partial charge is 0.510 e. The van der Waals surface area contributed by atoms with Crippen LogP contribution in [0.3, 0.4) is 0 Å². The molecule has 7 nitrogen and oxygen atoms in total. The maximum absolute atomic E-state index is 9.75. The average molecular weight is 615 g/mol. The minimum absolute atomic E-state index is 0.120. The van der Waals surface area contributed by atoms with E-state index in [-0.39, 0.29) is 24.9 Å². The van der Waals surface area contributed by atoms with Crippen LogP contribution >= 0.6 is 0 Å². The van der Waals surface area contributed by atoms with Gasteiger partial charge in [-0.1, -0.05) is 155 Å². The molecule has 6 atom stereocenters. The van der Waals surface area contributed by atoms with Crippen molar-refractivity contribution in [2.45, 2.75) is 180 Å². The first-order chi connectivity index (χ1) is 20.6. The van der Waals surface area contributed by atoms with Gasteiger partial charge in [-0.2, -0.15) is 0 Å². The summed E-state index contributed by atoms with van der Waals surface area (Å²) in [6, 6.07) is -1.39. The Hall–Kier alpha value is -0.960. The molecular weight excluding hydrogens is 540 g/mol. The molecule has 0 aliphatic rings. The number of aliphatic hydroxyl groups is 5. The smallest absolute Gasteiger partial charge is 0.128 e. The molecule has 0 aromatic heterocycles. The van der Waals surface area contributed by atoms with Crippen molar-refractivity contribution >= 4 is 0 Å². The molecule has 0 aromatic rings. The zero-order valence-corrected chi connectivity index (χ0v) is 28.6. The molecule has 0 heterocycles. The van der Waals surface area contributed by atoms with E-state index in [1.165, 1.54) is 109 Å². The Morgan fingerprint density at radius 2 is 0.930 bits per heavy atom. The van der Waals surface area contributed by atoms with E-state index in [2.05, 4.69) is 20.8 Å². The SMILES string of the molecule is CCCCCCCCCCCC(C)/C=C(\O)[C@@H](O)[C@@H](N)CO.CCCCCCCCCCCC(C)/C=C/[C@@H](O)[C@@H](N)CO. The van der Waals surface area contributed by atoms with Crippen molar-refractivity contribution in [3.63, 3.8) is 0 Å². The molecule has 7 heteroatoms. The third kappa shape index (κ3) is 29.5. The van der Waals surface area contributed by atoms with Crippen LogP contribution < -0.4 is 11.5 Å². The fourth-order valence-corrected chi connectivity index (χ4v) is 5.00. The number of rotatable bonds is 28. The first kappa shape index (κ1) is 44.2. The van der Waals surface area contributed by atoms with Crippen molar-refractivity contribution < 1.29 is 25.5 Å². The van der Waals surface area contributed by atoms with Crippen molar-refractivity contribution in [3.8, 4) is 0 Å². The Labute approximate surface area is 266 Å². The topological polar surface area (TPSA) is 153 Å². The molecule has 0 amide bonds. The van der Waals surface area contributed by atoms with Crippen molar-refractivity contribution in [2.75, 3.05) is 13.2 Å². The molecule has 9 N–H and O–H groups in total. The van der Waals surface area contributed by atoms with Crippen molar-refractivity contribution in [1.29, 1.82) is 0 Å². The van der Waals surface area contributed by atoms with E-state index in [4.69, 9.17) is 21.7 Å². The summed E-state index contributed by atoms with van der Waals surface area (Å²) in [5.41, 5.74) is 11.0. The molecule has 0 rings (SSSR count). The summed E-state index contributed by atoms with van der Waals surface area (Å²) < 4.78 is 0. The fraction of sp³-hybridized carbons (Fsp3) is 0.889. The number of aliphatic hydroxyl groups excluding tert-OH is 5. The standard InChI is InChI=1S/C18H37NO3.C18H37NO2/c1-3-4-5-6-7-8-9-10-11-12-15(2)13-17(21)18(22)16(19)14-20;1-3-4-5-6-7-8-9-10-11-12-16(2)13-14-18(21)17(19)15-20/h13,15-16,18,20-22H,3-12,14,19H2,1-2H3;13-14,16-18,20-21H,3-12,15,19H2,1-2H3/b17-13-;14-13+/t15?,16-,18-;16?,17-,18+/m00/s1. The lowest BCUT2D eigenvalue weighted by Crippen LogP contribution is -2.39. The van der Waals surface area contributed by atoms with Crippen LogP contribution in [0, 0.1) is 11.8 Å². The lowest BCUT2D eigenvalue weighted by molar-refractivity contribution is 0.0977. The number of nitrogens with two attached hydrogens (primary N) is 2. The van der Waals surface area contributed by atoms with E-state index in [9.17, 15) is 15.3 Å². The van der Waals surface area contributed by atoms with E-state index < -0.39 is 24.3 Å². The van der Waals surface area contributed by atoms with Crippen molar-refractivity contribution in [3.05, 3.63) is 24.0 Å². The Kier molecular flexibility index (Phi) is 33.3. The highest BCUT2D eigenvalue weighted by molar-refractivity contribution is 5.03.